The number of amides is 1. The van der Waals surface area contributed by atoms with Crippen molar-refractivity contribution < 1.29 is 4.79 Å². The number of rotatable bonds is 3. The van der Waals surface area contributed by atoms with Gasteiger partial charge in [0.1, 0.15) is 0 Å². The molecule has 16 heavy (non-hydrogen) atoms. The van der Waals surface area contributed by atoms with E-state index >= 15 is 0 Å². The summed E-state index contributed by atoms with van der Waals surface area (Å²) < 4.78 is 0. The minimum absolute atomic E-state index is 0.0599. The highest BCUT2D eigenvalue weighted by molar-refractivity contribution is 5.83. The topological polar surface area (TPSA) is 41.5 Å². The summed E-state index contributed by atoms with van der Waals surface area (Å²) in [7, 11) is 0. The molecule has 1 N–H and O–H groups in total. The van der Waals surface area contributed by atoms with Gasteiger partial charge in [0.05, 0.1) is 6.21 Å². The van der Waals surface area contributed by atoms with Crippen molar-refractivity contribution in [1.82, 2.24) is 5.43 Å². The largest absolute Gasteiger partial charge is 0.273 e. The van der Waals surface area contributed by atoms with Crippen LogP contribution in [0.3, 0.4) is 0 Å². The summed E-state index contributed by atoms with van der Waals surface area (Å²) in [5, 5.41) is 3.96. The predicted octanol–water partition coefficient (Wildman–Crippen LogP) is 2.33. The number of benzene rings is 1. The third-order valence-corrected chi connectivity index (χ3v) is 2.91. The molecule has 1 amide bonds. The molecule has 1 saturated carbocycles. The molecule has 1 fully saturated rings. The van der Waals surface area contributed by atoms with Gasteiger partial charge < -0.3 is 0 Å². The number of carbonyl (C=O) groups is 1. The predicted molar refractivity (Wildman–Crippen MR) is 64.1 cm³/mol. The first-order chi connectivity index (χ1) is 7.86. The van der Waals surface area contributed by atoms with Crippen LogP contribution in [0.25, 0.3) is 0 Å². The van der Waals surface area contributed by atoms with Gasteiger partial charge in [-0.2, -0.15) is 5.10 Å². The highest BCUT2D eigenvalue weighted by Gasteiger charge is 2.21. The molecule has 0 saturated heterocycles. The minimum Gasteiger partial charge on any atom is -0.273 e. The van der Waals surface area contributed by atoms with Crippen molar-refractivity contribution in [2.24, 2.45) is 11.0 Å². The fourth-order valence-corrected chi connectivity index (χ4v) is 1.99. The highest BCUT2D eigenvalue weighted by atomic mass is 16.2. The summed E-state index contributed by atoms with van der Waals surface area (Å²) in [6.45, 7) is 0. The lowest BCUT2D eigenvalue weighted by Crippen LogP contribution is -2.24. The van der Waals surface area contributed by atoms with Gasteiger partial charge in [-0.3, -0.25) is 4.79 Å². The summed E-state index contributed by atoms with van der Waals surface area (Å²) in [6.07, 6.45) is 6.02. The smallest absolute Gasteiger partial charge is 0.243 e. The molecule has 3 heteroatoms. The van der Waals surface area contributed by atoms with Crippen LogP contribution in [0.15, 0.2) is 35.4 Å². The van der Waals surface area contributed by atoms with E-state index in [2.05, 4.69) is 10.5 Å². The molecule has 0 bridgehead atoms. The Balaban J connectivity index is 1.82. The number of hydrogen-bond acceptors (Lipinski definition) is 2. The van der Waals surface area contributed by atoms with Gasteiger partial charge in [-0.05, 0) is 18.4 Å². The molecule has 1 aliphatic carbocycles. The zero-order chi connectivity index (χ0) is 11.2. The second kappa shape index (κ2) is 5.45. The van der Waals surface area contributed by atoms with Crippen molar-refractivity contribution in [3.63, 3.8) is 0 Å². The number of carbonyl (C=O) groups excluding carboxylic acids is 1. The van der Waals surface area contributed by atoms with Crippen LogP contribution in [0, 0.1) is 5.92 Å². The van der Waals surface area contributed by atoms with E-state index in [1.54, 1.807) is 6.21 Å². The molecular formula is C13H16N2O. The molecule has 0 atom stereocenters. The standard InChI is InChI=1S/C13H16N2O/c16-13(12-8-4-5-9-12)15-14-10-11-6-2-1-3-7-11/h1-3,6-7,10,12H,4-5,8-9H2,(H,15,16). The molecule has 0 heterocycles. The van der Waals surface area contributed by atoms with E-state index < -0.39 is 0 Å². The molecule has 0 radical (unpaired) electrons. The van der Waals surface area contributed by atoms with Crippen LogP contribution < -0.4 is 5.43 Å². The van der Waals surface area contributed by atoms with Crippen LogP contribution in [0.2, 0.25) is 0 Å². The Labute approximate surface area is 95.6 Å². The van der Waals surface area contributed by atoms with Crippen molar-refractivity contribution in [2.45, 2.75) is 25.7 Å². The summed E-state index contributed by atoms with van der Waals surface area (Å²) in [5.41, 5.74) is 3.60. The van der Waals surface area contributed by atoms with Crippen molar-refractivity contribution in [2.75, 3.05) is 0 Å². The van der Waals surface area contributed by atoms with E-state index in [-0.39, 0.29) is 11.8 Å². The quantitative estimate of drug-likeness (QED) is 0.611. The van der Waals surface area contributed by atoms with E-state index in [1.807, 2.05) is 30.3 Å². The summed E-state index contributed by atoms with van der Waals surface area (Å²) >= 11 is 0. The van der Waals surface area contributed by atoms with Crippen molar-refractivity contribution >= 4 is 12.1 Å². The second-order valence-electron chi connectivity index (χ2n) is 4.13. The molecule has 0 aromatic heterocycles. The monoisotopic (exact) mass is 216 g/mol. The summed E-state index contributed by atoms with van der Waals surface area (Å²) in [5.74, 6) is 0.234. The van der Waals surface area contributed by atoms with Crippen molar-refractivity contribution in [1.29, 1.82) is 0 Å². The SMILES string of the molecule is O=C(NN=Cc1ccccc1)C1CCCC1. The van der Waals surface area contributed by atoms with Crippen LogP contribution >= 0.6 is 0 Å². The average molecular weight is 216 g/mol. The highest BCUT2D eigenvalue weighted by Crippen LogP contribution is 2.24. The van der Waals surface area contributed by atoms with E-state index in [0.717, 1.165) is 18.4 Å². The lowest BCUT2D eigenvalue weighted by molar-refractivity contribution is -0.124. The molecule has 0 spiro atoms. The third kappa shape index (κ3) is 2.92. The Hall–Kier alpha value is -1.64. The van der Waals surface area contributed by atoms with Gasteiger partial charge in [0, 0.05) is 5.92 Å². The molecule has 2 rings (SSSR count). The van der Waals surface area contributed by atoms with E-state index in [4.69, 9.17) is 0 Å². The Morgan fingerprint density at radius 2 is 1.94 bits per heavy atom. The van der Waals surface area contributed by atoms with Gasteiger partial charge in [0.15, 0.2) is 0 Å². The summed E-state index contributed by atoms with van der Waals surface area (Å²) in [6, 6.07) is 9.74. The lowest BCUT2D eigenvalue weighted by Gasteiger charge is -2.05. The van der Waals surface area contributed by atoms with Gasteiger partial charge in [-0.1, -0.05) is 43.2 Å². The first kappa shape index (κ1) is 10.9. The van der Waals surface area contributed by atoms with E-state index in [1.165, 1.54) is 12.8 Å². The Kier molecular flexibility index (Phi) is 3.70. The zero-order valence-electron chi connectivity index (χ0n) is 9.23. The summed E-state index contributed by atoms with van der Waals surface area (Å²) in [4.78, 5) is 11.6. The van der Waals surface area contributed by atoms with E-state index in [0.29, 0.717) is 0 Å². The van der Waals surface area contributed by atoms with Gasteiger partial charge in [0.25, 0.3) is 0 Å². The van der Waals surface area contributed by atoms with Crippen molar-refractivity contribution in [3.8, 4) is 0 Å². The number of hydrogen-bond donors (Lipinski definition) is 1. The third-order valence-electron chi connectivity index (χ3n) is 2.91. The number of hydrazone groups is 1. The fraction of sp³-hybridized carbons (Fsp3) is 0.385. The molecule has 0 unspecified atom stereocenters. The zero-order valence-corrected chi connectivity index (χ0v) is 9.23. The first-order valence-corrected chi connectivity index (χ1v) is 5.74. The lowest BCUT2D eigenvalue weighted by atomic mass is 10.1. The second-order valence-corrected chi connectivity index (χ2v) is 4.13. The van der Waals surface area contributed by atoms with Crippen LogP contribution in [0.4, 0.5) is 0 Å². The van der Waals surface area contributed by atoms with Gasteiger partial charge in [0.2, 0.25) is 5.91 Å². The van der Waals surface area contributed by atoms with Crippen LogP contribution in [-0.4, -0.2) is 12.1 Å². The molecule has 1 aromatic rings. The number of nitrogens with zero attached hydrogens (tertiary/aromatic N) is 1. The van der Waals surface area contributed by atoms with Gasteiger partial charge in [-0.25, -0.2) is 5.43 Å². The molecule has 3 nitrogen and oxygen atoms in total. The van der Waals surface area contributed by atoms with Crippen LogP contribution in [0.5, 0.6) is 0 Å². The van der Waals surface area contributed by atoms with Gasteiger partial charge >= 0.3 is 0 Å². The molecular weight excluding hydrogens is 200 g/mol. The Morgan fingerprint density at radius 3 is 2.62 bits per heavy atom. The normalized spacial score (nSPS) is 16.8. The molecule has 1 aliphatic rings. The maximum atomic E-state index is 11.6. The minimum atomic E-state index is 0.0599. The maximum absolute atomic E-state index is 11.6. The van der Waals surface area contributed by atoms with Crippen molar-refractivity contribution in [3.05, 3.63) is 35.9 Å². The fourth-order valence-electron chi connectivity index (χ4n) is 1.99. The van der Waals surface area contributed by atoms with Gasteiger partial charge in [-0.15, -0.1) is 0 Å². The molecule has 84 valence electrons. The molecule has 0 aliphatic heterocycles. The maximum Gasteiger partial charge on any atom is 0.243 e. The Morgan fingerprint density at radius 1 is 1.25 bits per heavy atom. The Bertz CT molecular complexity index is 367. The molecule has 1 aromatic carbocycles. The van der Waals surface area contributed by atoms with E-state index in [9.17, 15) is 4.79 Å². The average Bonchev–Trinajstić information content (AvgIpc) is 2.84. The van der Waals surface area contributed by atoms with Crippen LogP contribution in [0.1, 0.15) is 31.2 Å². The first-order valence-electron chi connectivity index (χ1n) is 5.74. The number of nitrogens with one attached hydrogen (secondary N) is 1. The van der Waals surface area contributed by atoms with Crippen LogP contribution in [-0.2, 0) is 4.79 Å².